The zero-order valence-electron chi connectivity index (χ0n) is 12.5. The molecule has 2 aromatic heterocycles. The van der Waals surface area contributed by atoms with E-state index in [1.807, 2.05) is 36.4 Å². The van der Waals surface area contributed by atoms with Crippen LogP contribution in [0.1, 0.15) is 39.7 Å². The fraction of sp³-hybridized carbons (Fsp3) is 0.467. The van der Waals surface area contributed by atoms with Gasteiger partial charge < -0.3 is 14.2 Å². The van der Waals surface area contributed by atoms with Crippen molar-refractivity contribution < 1.29 is 9.53 Å². The molecule has 1 aliphatic rings. The summed E-state index contributed by atoms with van der Waals surface area (Å²) in [5, 5.41) is 1.97. The molecule has 1 amide bonds. The fourth-order valence-electron chi connectivity index (χ4n) is 2.82. The number of aromatic nitrogens is 2. The van der Waals surface area contributed by atoms with Gasteiger partial charge in [-0.15, -0.1) is 11.3 Å². The molecular weight excluding hydrogens is 286 g/mol. The monoisotopic (exact) mass is 305 g/mol. The number of carbonyl (C=O) groups excluding carboxylic acids is 1. The van der Waals surface area contributed by atoms with Gasteiger partial charge in [0.1, 0.15) is 5.82 Å². The van der Waals surface area contributed by atoms with Crippen LogP contribution >= 0.6 is 11.3 Å². The average molecular weight is 305 g/mol. The Morgan fingerprint density at radius 1 is 1.52 bits per heavy atom. The minimum absolute atomic E-state index is 0.0154. The van der Waals surface area contributed by atoms with E-state index in [2.05, 4.69) is 9.55 Å². The summed E-state index contributed by atoms with van der Waals surface area (Å²) < 4.78 is 7.36. The second-order valence-corrected chi connectivity index (χ2v) is 6.22. The molecular formula is C15H19N3O2S. The smallest absolute Gasteiger partial charge is 0.264 e. The first-order chi connectivity index (χ1) is 10.1. The summed E-state index contributed by atoms with van der Waals surface area (Å²) in [6, 6.07) is 1.97. The third kappa shape index (κ3) is 2.38. The van der Waals surface area contributed by atoms with Crippen molar-refractivity contribution in [2.75, 3.05) is 13.7 Å². The van der Waals surface area contributed by atoms with E-state index in [1.54, 1.807) is 7.11 Å². The minimum atomic E-state index is -0.0154. The number of ether oxygens (including phenoxy) is 1. The fourth-order valence-corrected chi connectivity index (χ4v) is 3.70. The molecule has 5 nitrogen and oxygen atoms in total. The Bertz CT molecular complexity index is 662. The third-order valence-corrected chi connectivity index (χ3v) is 4.99. The first kappa shape index (κ1) is 14.3. The first-order valence-corrected chi connectivity index (χ1v) is 7.89. The Kier molecular flexibility index (Phi) is 3.82. The van der Waals surface area contributed by atoms with Crippen molar-refractivity contribution in [3.05, 3.63) is 39.6 Å². The van der Waals surface area contributed by atoms with Crippen LogP contribution in [0.25, 0.3) is 0 Å². The van der Waals surface area contributed by atoms with Gasteiger partial charge in [-0.05, 0) is 30.9 Å². The lowest BCUT2D eigenvalue weighted by molar-refractivity contribution is 0.0637. The second-order valence-electron chi connectivity index (χ2n) is 5.30. The molecule has 0 fully saturated rings. The molecule has 0 radical (unpaired) electrons. The van der Waals surface area contributed by atoms with Crippen molar-refractivity contribution in [1.29, 1.82) is 0 Å². The van der Waals surface area contributed by atoms with E-state index in [0.717, 1.165) is 28.5 Å². The van der Waals surface area contributed by atoms with Crippen molar-refractivity contribution >= 4 is 17.2 Å². The average Bonchev–Trinajstić information content (AvgIpc) is 3.06. The lowest BCUT2D eigenvalue weighted by atomic mass is 10.1. The summed E-state index contributed by atoms with van der Waals surface area (Å²) >= 11 is 1.51. The number of nitrogens with zero attached hydrogens (tertiary/aromatic N) is 3. The maximum Gasteiger partial charge on any atom is 0.264 e. The van der Waals surface area contributed by atoms with Crippen LogP contribution in [-0.2, 0) is 17.9 Å². The molecule has 0 saturated heterocycles. The molecule has 1 aliphatic heterocycles. The molecule has 0 N–H and O–H groups in total. The molecule has 1 atom stereocenters. The molecule has 2 aromatic rings. The molecule has 0 bridgehead atoms. The Morgan fingerprint density at radius 3 is 3.00 bits per heavy atom. The van der Waals surface area contributed by atoms with E-state index in [9.17, 15) is 4.79 Å². The van der Waals surface area contributed by atoms with E-state index in [-0.39, 0.29) is 11.9 Å². The van der Waals surface area contributed by atoms with Crippen LogP contribution in [0, 0.1) is 6.92 Å². The SMILES string of the molecule is COCc1cnc2n1CCN(C(=O)c1sccc1C)[C@H]2C. The number of imidazole rings is 1. The summed E-state index contributed by atoms with van der Waals surface area (Å²) in [5.74, 6) is 1.05. The minimum Gasteiger partial charge on any atom is -0.378 e. The van der Waals surface area contributed by atoms with E-state index >= 15 is 0 Å². The van der Waals surface area contributed by atoms with Crippen molar-refractivity contribution in [3.63, 3.8) is 0 Å². The van der Waals surface area contributed by atoms with Crippen LogP contribution in [0.3, 0.4) is 0 Å². The molecule has 3 rings (SSSR count). The highest BCUT2D eigenvalue weighted by Crippen LogP contribution is 2.29. The number of methoxy groups -OCH3 is 1. The zero-order valence-corrected chi connectivity index (χ0v) is 13.3. The predicted molar refractivity (Wildman–Crippen MR) is 81.4 cm³/mol. The normalized spacial score (nSPS) is 17.9. The summed E-state index contributed by atoms with van der Waals surface area (Å²) in [6.07, 6.45) is 1.85. The molecule has 0 aromatic carbocycles. The summed E-state index contributed by atoms with van der Waals surface area (Å²) in [4.78, 5) is 19.9. The maximum atomic E-state index is 12.7. The van der Waals surface area contributed by atoms with Crippen LogP contribution < -0.4 is 0 Å². The van der Waals surface area contributed by atoms with E-state index in [1.165, 1.54) is 11.3 Å². The first-order valence-electron chi connectivity index (χ1n) is 7.01. The predicted octanol–water partition coefficient (Wildman–Crippen LogP) is 2.62. The van der Waals surface area contributed by atoms with E-state index < -0.39 is 0 Å². The van der Waals surface area contributed by atoms with Crippen LogP contribution in [0.15, 0.2) is 17.6 Å². The third-order valence-electron chi connectivity index (χ3n) is 3.98. The van der Waals surface area contributed by atoms with Crippen LogP contribution in [-0.4, -0.2) is 34.0 Å². The van der Waals surface area contributed by atoms with Gasteiger partial charge in [-0.2, -0.15) is 0 Å². The number of aryl methyl sites for hydroxylation is 1. The lowest BCUT2D eigenvalue weighted by Gasteiger charge is -2.34. The molecule has 6 heteroatoms. The lowest BCUT2D eigenvalue weighted by Crippen LogP contribution is -2.41. The van der Waals surface area contributed by atoms with Gasteiger partial charge in [-0.1, -0.05) is 0 Å². The Morgan fingerprint density at radius 2 is 2.33 bits per heavy atom. The number of hydrogen-bond acceptors (Lipinski definition) is 4. The molecule has 0 spiro atoms. The van der Waals surface area contributed by atoms with Gasteiger partial charge in [0.2, 0.25) is 0 Å². The van der Waals surface area contributed by atoms with Crippen molar-refractivity contribution in [2.45, 2.75) is 33.0 Å². The molecule has 0 unspecified atom stereocenters. The standard InChI is InChI=1S/C15H19N3O2S/c1-10-4-7-21-13(10)15(19)17-5-6-18-12(9-20-3)8-16-14(18)11(17)2/h4,7-8,11H,5-6,9H2,1-3H3/t11-/m0/s1. The van der Waals surface area contributed by atoms with Crippen molar-refractivity contribution in [1.82, 2.24) is 14.5 Å². The number of amides is 1. The van der Waals surface area contributed by atoms with Gasteiger partial charge in [0.25, 0.3) is 5.91 Å². The topological polar surface area (TPSA) is 47.4 Å². The largest absolute Gasteiger partial charge is 0.378 e. The number of carbonyl (C=O) groups is 1. The Balaban J connectivity index is 1.87. The highest BCUT2D eigenvalue weighted by atomic mass is 32.1. The Labute approximate surface area is 128 Å². The van der Waals surface area contributed by atoms with Gasteiger partial charge in [0.05, 0.1) is 29.4 Å². The van der Waals surface area contributed by atoms with E-state index in [4.69, 9.17) is 4.74 Å². The highest BCUT2D eigenvalue weighted by molar-refractivity contribution is 7.12. The highest BCUT2D eigenvalue weighted by Gasteiger charge is 2.31. The van der Waals surface area contributed by atoms with Gasteiger partial charge in [0, 0.05) is 20.2 Å². The maximum absolute atomic E-state index is 12.7. The summed E-state index contributed by atoms with van der Waals surface area (Å²) in [6.45, 7) is 6.05. The van der Waals surface area contributed by atoms with Crippen LogP contribution in [0.2, 0.25) is 0 Å². The van der Waals surface area contributed by atoms with Gasteiger partial charge in [-0.25, -0.2) is 4.98 Å². The molecule has 0 aliphatic carbocycles. The quantitative estimate of drug-likeness (QED) is 0.876. The summed E-state index contributed by atoms with van der Waals surface area (Å²) in [7, 11) is 1.68. The van der Waals surface area contributed by atoms with Crippen molar-refractivity contribution in [2.24, 2.45) is 0 Å². The number of hydrogen-bond donors (Lipinski definition) is 0. The molecule has 3 heterocycles. The van der Waals surface area contributed by atoms with Crippen LogP contribution in [0.5, 0.6) is 0 Å². The second kappa shape index (κ2) is 5.61. The van der Waals surface area contributed by atoms with E-state index in [0.29, 0.717) is 13.2 Å². The molecule has 0 saturated carbocycles. The molecule has 112 valence electrons. The zero-order chi connectivity index (χ0) is 15.0. The summed E-state index contributed by atoms with van der Waals surface area (Å²) in [5.41, 5.74) is 2.12. The Hall–Kier alpha value is -1.66. The number of fused-ring (bicyclic) bond motifs is 1. The number of thiophene rings is 1. The van der Waals surface area contributed by atoms with Crippen molar-refractivity contribution in [3.8, 4) is 0 Å². The van der Waals surface area contributed by atoms with Gasteiger partial charge >= 0.3 is 0 Å². The molecule has 21 heavy (non-hydrogen) atoms. The van der Waals surface area contributed by atoms with Gasteiger partial charge in [0.15, 0.2) is 0 Å². The van der Waals surface area contributed by atoms with Gasteiger partial charge in [-0.3, -0.25) is 4.79 Å². The van der Waals surface area contributed by atoms with Crippen LogP contribution in [0.4, 0.5) is 0 Å². The number of rotatable bonds is 3.